The van der Waals surface area contributed by atoms with Crippen molar-refractivity contribution in [2.45, 2.75) is 46.4 Å². The topological polar surface area (TPSA) is 47.7 Å². The molecule has 118 valence electrons. The van der Waals surface area contributed by atoms with E-state index >= 15 is 0 Å². The van der Waals surface area contributed by atoms with Gasteiger partial charge in [0.1, 0.15) is 6.67 Å². The third-order valence-electron chi connectivity index (χ3n) is 3.22. The molecule has 0 aliphatic carbocycles. The zero-order chi connectivity index (χ0) is 14.4. The standard InChI is InChI=1S/C14H22FN5.ClH/c1-3-7-19-11-13(12(2)18-19)9-16-10-14-4-6-17-20(14)8-5-15;/h4,6,11,16H,3,5,7-10H2,1-2H3;1H. The molecule has 0 saturated carbocycles. The van der Waals surface area contributed by atoms with Gasteiger partial charge in [-0.1, -0.05) is 6.92 Å². The smallest absolute Gasteiger partial charge is 0.109 e. The monoisotopic (exact) mass is 315 g/mol. The number of rotatable bonds is 8. The van der Waals surface area contributed by atoms with Crippen molar-refractivity contribution in [3.63, 3.8) is 0 Å². The fraction of sp³-hybridized carbons (Fsp3) is 0.571. The molecule has 2 heterocycles. The first-order valence-corrected chi connectivity index (χ1v) is 7.05. The highest BCUT2D eigenvalue weighted by Crippen LogP contribution is 2.07. The Labute approximate surface area is 130 Å². The Morgan fingerprint density at radius 1 is 1.29 bits per heavy atom. The molecule has 0 aliphatic rings. The molecule has 2 rings (SSSR count). The first kappa shape index (κ1) is 17.7. The Morgan fingerprint density at radius 3 is 2.81 bits per heavy atom. The van der Waals surface area contributed by atoms with Crippen molar-refractivity contribution in [2.75, 3.05) is 6.67 Å². The maximum absolute atomic E-state index is 12.4. The molecule has 0 aliphatic heterocycles. The Hall–Kier alpha value is -1.40. The van der Waals surface area contributed by atoms with Crippen molar-refractivity contribution in [1.29, 1.82) is 0 Å². The summed E-state index contributed by atoms with van der Waals surface area (Å²) < 4.78 is 16.0. The molecule has 0 bridgehead atoms. The number of halogens is 2. The van der Waals surface area contributed by atoms with Gasteiger partial charge in [-0.15, -0.1) is 12.4 Å². The van der Waals surface area contributed by atoms with Crippen molar-refractivity contribution in [3.05, 3.63) is 35.4 Å². The van der Waals surface area contributed by atoms with Gasteiger partial charge in [0, 0.05) is 37.6 Å². The molecule has 0 fully saturated rings. The maximum atomic E-state index is 12.4. The number of aryl methyl sites for hydroxylation is 3. The molecular formula is C14H23ClFN5. The minimum absolute atomic E-state index is 0. The fourth-order valence-corrected chi connectivity index (χ4v) is 2.19. The average Bonchev–Trinajstić information content (AvgIpc) is 2.99. The maximum Gasteiger partial charge on any atom is 0.109 e. The summed E-state index contributed by atoms with van der Waals surface area (Å²) in [5, 5.41) is 11.9. The third kappa shape index (κ3) is 4.82. The largest absolute Gasteiger partial charge is 0.307 e. The van der Waals surface area contributed by atoms with E-state index in [2.05, 4.69) is 28.6 Å². The van der Waals surface area contributed by atoms with Crippen molar-refractivity contribution >= 4 is 12.4 Å². The first-order valence-electron chi connectivity index (χ1n) is 7.05. The van der Waals surface area contributed by atoms with E-state index in [-0.39, 0.29) is 12.4 Å². The Bertz CT molecular complexity index is 537. The lowest BCUT2D eigenvalue weighted by Crippen LogP contribution is -2.17. The van der Waals surface area contributed by atoms with E-state index in [9.17, 15) is 4.39 Å². The predicted octanol–water partition coefficient (Wildman–Crippen LogP) is 2.48. The Morgan fingerprint density at radius 2 is 2.10 bits per heavy atom. The van der Waals surface area contributed by atoms with E-state index in [1.165, 1.54) is 5.56 Å². The van der Waals surface area contributed by atoms with E-state index in [0.29, 0.717) is 13.1 Å². The van der Waals surface area contributed by atoms with E-state index in [0.717, 1.165) is 30.9 Å². The van der Waals surface area contributed by atoms with E-state index in [1.807, 2.05) is 17.7 Å². The normalized spacial score (nSPS) is 10.6. The lowest BCUT2D eigenvalue weighted by Gasteiger charge is -2.06. The van der Waals surface area contributed by atoms with Crippen LogP contribution in [-0.4, -0.2) is 26.2 Å². The molecule has 21 heavy (non-hydrogen) atoms. The van der Waals surface area contributed by atoms with Crippen molar-refractivity contribution in [2.24, 2.45) is 0 Å². The number of hydrogen-bond donors (Lipinski definition) is 1. The van der Waals surface area contributed by atoms with Crippen LogP contribution >= 0.6 is 12.4 Å². The van der Waals surface area contributed by atoms with Crippen molar-refractivity contribution in [3.8, 4) is 0 Å². The van der Waals surface area contributed by atoms with Crippen LogP contribution in [0.2, 0.25) is 0 Å². The number of aromatic nitrogens is 4. The quantitative estimate of drug-likeness (QED) is 0.814. The zero-order valence-corrected chi connectivity index (χ0v) is 13.4. The lowest BCUT2D eigenvalue weighted by atomic mass is 10.2. The molecule has 2 aromatic rings. The number of hydrogen-bond acceptors (Lipinski definition) is 3. The SMILES string of the molecule is CCCn1cc(CNCc2ccnn2CCF)c(C)n1.Cl. The molecule has 0 unspecified atom stereocenters. The highest BCUT2D eigenvalue weighted by Gasteiger charge is 2.06. The number of alkyl halides is 1. The van der Waals surface area contributed by atoms with E-state index in [4.69, 9.17) is 0 Å². The second kappa shape index (κ2) is 8.79. The minimum Gasteiger partial charge on any atom is -0.307 e. The highest BCUT2D eigenvalue weighted by molar-refractivity contribution is 5.85. The van der Waals surface area contributed by atoms with Crippen LogP contribution in [0.5, 0.6) is 0 Å². The van der Waals surface area contributed by atoms with E-state index < -0.39 is 6.67 Å². The summed E-state index contributed by atoms with van der Waals surface area (Å²) >= 11 is 0. The van der Waals surface area contributed by atoms with Gasteiger partial charge in [-0.3, -0.25) is 9.36 Å². The summed E-state index contributed by atoms with van der Waals surface area (Å²) in [6.45, 7) is 6.48. The molecule has 0 radical (unpaired) electrons. The first-order chi connectivity index (χ1) is 9.74. The van der Waals surface area contributed by atoms with Gasteiger partial charge in [-0.25, -0.2) is 4.39 Å². The average molecular weight is 316 g/mol. The van der Waals surface area contributed by atoms with Crippen LogP contribution in [0.15, 0.2) is 18.5 Å². The molecule has 5 nitrogen and oxygen atoms in total. The second-order valence-electron chi connectivity index (χ2n) is 4.84. The molecule has 1 N–H and O–H groups in total. The van der Waals surface area contributed by atoms with E-state index in [1.54, 1.807) is 10.9 Å². The Balaban J connectivity index is 0.00000220. The molecule has 0 atom stereocenters. The Kier molecular flexibility index (Phi) is 7.39. The fourth-order valence-electron chi connectivity index (χ4n) is 2.19. The second-order valence-corrected chi connectivity index (χ2v) is 4.84. The third-order valence-corrected chi connectivity index (χ3v) is 3.22. The van der Waals surface area contributed by atoms with Gasteiger partial charge in [0.2, 0.25) is 0 Å². The van der Waals surface area contributed by atoms with Crippen LogP contribution in [0.4, 0.5) is 4.39 Å². The summed E-state index contributed by atoms with van der Waals surface area (Å²) in [5.74, 6) is 0. The molecular weight excluding hydrogens is 293 g/mol. The molecule has 0 amide bonds. The number of nitrogens with one attached hydrogen (secondary N) is 1. The van der Waals surface area contributed by atoms with Crippen LogP contribution in [0.25, 0.3) is 0 Å². The summed E-state index contributed by atoms with van der Waals surface area (Å²) in [7, 11) is 0. The van der Waals surface area contributed by atoms with Crippen molar-refractivity contribution < 1.29 is 4.39 Å². The summed E-state index contributed by atoms with van der Waals surface area (Å²) in [4.78, 5) is 0. The zero-order valence-electron chi connectivity index (χ0n) is 12.5. The van der Waals surface area contributed by atoms with Crippen molar-refractivity contribution in [1.82, 2.24) is 24.9 Å². The molecule has 0 aromatic carbocycles. The van der Waals surface area contributed by atoms with Gasteiger partial charge in [-0.2, -0.15) is 10.2 Å². The predicted molar refractivity (Wildman–Crippen MR) is 83.2 cm³/mol. The van der Waals surface area contributed by atoms with Crippen LogP contribution in [0.3, 0.4) is 0 Å². The van der Waals surface area contributed by atoms with Gasteiger partial charge in [0.15, 0.2) is 0 Å². The number of nitrogens with zero attached hydrogens (tertiary/aromatic N) is 4. The van der Waals surface area contributed by atoms with Gasteiger partial charge in [-0.05, 0) is 19.4 Å². The molecule has 7 heteroatoms. The van der Waals surface area contributed by atoms with Crippen LogP contribution < -0.4 is 5.32 Å². The highest BCUT2D eigenvalue weighted by atomic mass is 35.5. The van der Waals surface area contributed by atoms with Gasteiger partial charge >= 0.3 is 0 Å². The summed E-state index contributed by atoms with van der Waals surface area (Å²) in [6.07, 6.45) is 4.87. The van der Waals surface area contributed by atoms with Gasteiger partial charge in [0.25, 0.3) is 0 Å². The summed E-state index contributed by atoms with van der Waals surface area (Å²) in [5.41, 5.74) is 3.26. The van der Waals surface area contributed by atoms with Crippen LogP contribution in [-0.2, 0) is 26.2 Å². The molecule has 0 spiro atoms. The lowest BCUT2D eigenvalue weighted by molar-refractivity contribution is 0.417. The van der Waals surface area contributed by atoms with Crippen LogP contribution in [0.1, 0.15) is 30.3 Å². The molecule has 2 aromatic heterocycles. The molecule has 0 saturated heterocycles. The van der Waals surface area contributed by atoms with Gasteiger partial charge < -0.3 is 5.32 Å². The van der Waals surface area contributed by atoms with Crippen LogP contribution in [0, 0.1) is 6.92 Å². The minimum atomic E-state index is -0.391. The summed E-state index contributed by atoms with van der Waals surface area (Å²) in [6, 6.07) is 1.91. The van der Waals surface area contributed by atoms with Gasteiger partial charge in [0.05, 0.1) is 17.9 Å².